The van der Waals surface area contributed by atoms with Gasteiger partial charge in [0.2, 0.25) is 0 Å². The molecule has 90 valence electrons. The van der Waals surface area contributed by atoms with Crippen LogP contribution in [0.3, 0.4) is 0 Å². The maximum absolute atomic E-state index is 5.55. The molecule has 0 aromatic carbocycles. The second-order valence-corrected chi connectivity index (χ2v) is 4.82. The number of aromatic nitrogens is 2. The van der Waals surface area contributed by atoms with Gasteiger partial charge in [-0.1, -0.05) is 6.07 Å². The molecular weight excluding hydrogens is 232 g/mol. The maximum Gasteiger partial charge on any atom is 0.183 e. The molecule has 0 radical (unpaired) electrons. The standard InChI is InChI=1S/C12H16N4S/c1-9-11(5-6-13)17-12(16-9)15-8-10-4-2-3-7-14-10/h2-4,7H,5-6,8,13H2,1H3,(H,15,16). The Bertz CT molecular complexity index is 467. The first kappa shape index (κ1) is 12.0. The zero-order valence-electron chi connectivity index (χ0n) is 9.81. The van der Waals surface area contributed by atoms with Gasteiger partial charge in [-0.2, -0.15) is 0 Å². The summed E-state index contributed by atoms with van der Waals surface area (Å²) in [5.74, 6) is 0. The normalized spacial score (nSPS) is 10.5. The van der Waals surface area contributed by atoms with Crippen LogP contribution in [0.25, 0.3) is 0 Å². The van der Waals surface area contributed by atoms with Gasteiger partial charge >= 0.3 is 0 Å². The lowest BCUT2D eigenvalue weighted by Gasteiger charge is -2.00. The van der Waals surface area contributed by atoms with Gasteiger partial charge in [0.1, 0.15) is 0 Å². The van der Waals surface area contributed by atoms with Crippen LogP contribution < -0.4 is 11.1 Å². The highest BCUT2D eigenvalue weighted by molar-refractivity contribution is 7.15. The Balaban J connectivity index is 1.97. The first-order chi connectivity index (χ1) is 8.29. The van der Waals surface area contributed by atoms with Crippen molar-refractivity contribution in [3.05, 3.63) is 40.7 Å². The highest BCUT2D eigenvalue weighted by atomic mass is 32.1. The Labute approximate surface area is 105 Å². The summed E-state index contributed by atoms with van der Waals surface area (Å²) >= 11 is 1.67. The number of aryl methyl sites for hydroxylation is 1. The highest BCUT2D eigenvalue weighted by Gasteiger charge is 2.06. The number of nitrogens with zero attached hydrogens (tertiary/aromatic N) is 2. The first-order valence-electron chi connectivity index (χ1n) is 5.59. The predicted molar refractivity (Wildman–Crippen MR) is 71.2 cm³/mol. The fraction of sp³-hybridized carbons (Fsp3) is 0.333. The summed E-state index contributed by atoms with van der Waals surface area (Å²) in [4.78, 5) is 9.98. The molecule has 0 unspecified atom stereocenters. The van der Waals surface area contributed by atoms with Crippen LogP contribution in [0.15, 0.2) is 24.4 Å². The molecule has 0 bridgehead atoms. The summed E-state index contributed by atoms with van der Waals surface area (Å²) in [5, 5.41) is 4.23. The van der Waals surface area contributed by atoms with E-state index in [1.54, 1.807) is 17.5 Å². The molecule has 0 fully saturated rings. The van der Waals surface area contributed by atoms with Crippen molar-refractivity contribution < 1.29 is 0 Å². The van der Waals surface area contributed by atoms with Gasteiger partial charge in [-0.25, -0.2) is 4.98 Å². The van der Waals surface area contributed by atoms with E-state index in [1.165, 1.54) is 4.88 Å². The third-order valence-electron chi connectivity index (χ3n) is 2.41. The Hall–Kier alpha value is -1.46. The summed E-state index contributed by atoms with van der Waals surface area (Å²) < 4.78 is 0. The van der Waals surface area contributed by atoms with Gasteiger partial charge in [-0.15, -0.1) is 11.3 Å². The van der Waals surface area contributed by atoms with Gasteiger partial charge < -0.3 is 11.1 Å². The quantitative estimate of drug-likeness (QED) is 0.849. The van der Waals surface area contributed by atoms with Crippen LogP contribution in [-0.2, 0) is 13.0 Å². The molecule has 0 amide bonds. The molecule has 4 nitrogen and oxygen atoms in total. The number of hydrogen-bond donors (Lipinski definition) is 2. The molecule has 2 heterocycles. The SMILES string of the molecule is Cc1nc(NCc2ccccn2)sc1CCN. The topological polar surface area (TPSA) is 63.8 Å². The highest BCUT2D eigenvalue weighted by Crippen LogP contribution is 2.22. The number of hydrogen-bond acceptors (Lipinski definition) is 5. The molecule has 2 aromatic rings. The number of pyridine rings is 1. The average molecular weight is 248 g/mol. The number of anilines is 1. The minimum atomic E-state index is 0.669. The molecular formula is C12H16N4S. The number of nitrogens with two attached hydrogens (primary N) is 1. The molecule has 2 rings (SSSR count). The van der Waals surface area contributed by atoms with Crippen molar-refractivity contribution in [3.63, 3.8) is 0 Å². The van der Waals surface area contributed by atoms with E-state index >= 15 is 0 Å². The Morgan fingerprint density at radius 3 is 3.00 bits per heavy atom. The van der Waals surface area contributed by atoms with Crippen LogP contribution in [0, 0.1) is 6.92 Å². The van der Waals surface area contributed by atoms with Crippen molar-refractivity contribution in [1.82, 2.24) is 9.97 Å². The van der Waals surface area contributed by atoms with Crippen molar-refractivity contribution in [1.29, 1.82) is 0 Å². The fourth-order valence-electron chi connectivity index (χ4n) is 1.54. The summed E-state index contributed by atoms with van der Waals surface area (Å²) in [5.41, 5.74) is 7.64. The zero-order valence-corrected chi connectivity index (χ0v) is 10.6. The molecule has 0 saturated heterocycles. The third-order valence-corrected chi connectivity index (χ3v) is 3.59. The molecule has 0 saturated carbocycles. The number of thiazole rings is 1. The predicted octanol–water partition coefficient (Wildman–Crippen LogP) is 1.96. The van der Waals surface area contributed by atoms with Crippen LogP contribution in [0.4, 0.5) is 5.13 Å². The number of nitrogens with one attached hydrogen (secondary N) is 1. The van der Waals surface area contributed by atoms with Gasteiger partial charge in [0.15, 0.2) is 5.13 Å². The summed E-state index contributed by atoms with van der Waals surface area (Å²) in [6, 6.07) is 5.89. The van der Waals surface area contributed by atoms with Gasteiger partial charge in [0, 0.05) is 11.1 Å². The van der Waals surface area contributed by atoms with Crippen molar-refractivity contribution in [2.24, 2.45) is 5.73 Å². The van der Waals surface area contributed by atoms with E-state index in [1.807, 2.05) is 25.1 Å². The molecule has 5 heteroatoms. The summed E-state index contributed by atoms with van der Waals surface area (Å²) in [7, 11) is 0. The molecule has 0 atom stereocenters. The van der Waals surface area contributed by atoms with Crippen LogP contribution in [-0.4, -0.2) is 16.5 Å². The van der Waals surface area contributed by atoms with Crippen LogP contribution in [0.2, 0.25) is 0 Å². The zero-order chi connectivity index (χ0) is 12.1. The van der Waals surface area contributed by atoms with E-state index in [2.05, 4.69) is 15.3 Å². The van der Waals surface area contributed by atoms with E-state index in [0.717, 1.165) is 22.9 Å². The number of rotatable bonds is 5. The van der Waals surface area contributed by atoms with Crippen molar-refractivity contribution >= 4 is 16.5 Å². The van der Waals surface area contributed by atoms with E-state index in [4.69, 9.17) is 5.73 Å². The minimum absolute atomic E-state index is 0.669. The summed E-state index contributed by atoms with van der Waals surface area (Å²) in [6.45, 7) is 3.39. The van der Waals surface area contributed by atoms with E-state index < -0.39 is 0 Å². The van der Waals surface area contributed by atoms with Crippen LogP contribution in [0.5, 0.6) is 0 Å². The monoisotopic (exact) mass is 248 g/mol. The molecule has 0 spiro atoms. The molecule has 2 aromatic heterocycles. The van der Waals surface area contributed by atoms with Gasteiger partial charge in [-0.3, -0.25) is 4.98 Å². The fourth-order valence-corrected chi connectivity index (χ4v) is 2.51. The van der Waals surface area contributed by atoms with Crippen molar-refractivity contribution in [3.8, 4) is 0 Å². The maximum atomic E-state index is 5.55. The molecule has 0 aliphatic rings. The van der Waals surface area contributed by atoms with Gasteiger partial charge in [-0.05, 0) is 32.0 Å². The van der Waals surface area contributed by atoms with Crippen LogP contribution in [0.1, 0.15) is 16.3 Å². The summed E-state index contributed by atoms with van der Waals surface area (Å²) in [6.07, 6.45) is 2.69. The molecule has 0 aliphatic carbocycles. The van der Waals surface area contributed by atoms with Crippen molar-refractivity contribution in [2.75, 3.05) is 11.9 Å². The average Bonchev–Trinajstić information content (AvgIpc) is 2.70. The second-order valence-electron chi connectivity index (χ2n) is 3.74. The van der Waals surface area contributed by atoms with E-state index in [0.29, 0.717) is 13.1 Å². The molecule has 0 aliphatic heterocycles. The van der Waals surface area contributed by atoms with Crippen molar-refractivity contribution in [2.45, 2.75) is 19.9 Å². The second kappa shape index (κ2) is 5.75. The van der Waals surface area contributed by atoms with Crippen LogP contribution >= 0.6 is 11.3 Å². The van der Waals surface area contributed by atoms with E-state index in [9.17, 15) is 0 Å². The Morgan fingerprint density at radius 1 is 1.41 bits per heavy atom. The lowest BCUT2D eigenvalue weighted by molar-refractivity contribution is 0.969. The Morgan fingerprint density at radius 2 is 2.29 bits per heavy atom. The molecule has 17 heavy (non-hydrogen) atoms. The van der Waals surface area contributed by atoms with Gasteiger partial charge in [0.25, 0.3) is 0 Å². The van der Waals surface area contributed by atoms with E-state index in [-0.39, 0.29) is 0 Å². The molecule has 3 N–H and O–H groups in total. The lowest BCUT2D eigenvalue weighted by atomic mass is 10.3. The first-order valence-corrected chi connectivity index (χ1v) is 6.41. The smallest absolute Gasteiger partial charge is 0.183 e. The third kappa shape index (κ3) is 3.25. The largest absolute Gasteiger partial charge is 0.356 e. The van der Waals surface area contributed by atoms with Gasteiger partial charge in [0.05, 0.1) is 17.9 Å². The Kier molecular flexibility index (Phi) is 4.06. The minimum Gasteiger partial charge on any atom is -0.356 e. The lowest BCUT2D eigenvalue weighted by Crippen LogP contribution is -2.01.